The van der Waals surface area contributed by atoms with Crippen LogP contribution in [0.5, 0.6) is 5.88 Å². The lowest BCUT2D eigenvalue weighted by Gasteiger charge is -2.10. The molecule has 15 heavy (non-hydrogen) atoms. The van der Waals surface area contributed by atoms with Gasteiger partial charge in [-0.2, -0.15) is 0 Å². The smallest absolute Gasteiger partial charge is 0.330 e. The van der Waals surface area contributed by atoms with E-state index in [-0.39, 0.29) is 17.7 Å². The maximum Gasteiger partial charge on any atom is 0.330 e. The van der Waals surface area contributed by atoms with Crippen molar-refractivity contribution in [3.63, 3.8) is 0 Å². The number of hydrogen-bond acceptors (Lipinski definition) is 5. The molecule has 0 aromatic carbocycles. The van der Waals surface area contributed by atoms with Crippen LogP contribution >= 0.6 is 0 Å². The van der Waals surface area contributed by atoms with Gasteiger partial charge in [0.25, 0.3) is 5.88 Å². The Balaban J connectivity index is 2.15. The molecule has 1 fully saturated rings. The summed E-state index contributed by atoms with van der Waals surface area (Å²) in [7, 11) is 0. The molecule has 0 saturated carbocycles. The van der Waals surface area contributed by atoms with E-state index in [9.17, 15) is 10.1 Å². The van der Waals surface area contributed by atoms with E-state index in [1.54, 1.807) is 0 Å². The van der Waals surface area contributed by atoms with Crippen molar-refractivity contribution in [3.05, 3.63) is 28.4 Å². The van der Waals surface area contributed by atoms with Crippen LogP contribution in [0.3, 0.4) is 0 Å². The summed E-state index contributed by atoms with van der Waals surface area (Å²) >= 11 is 0. The summed E-state index contributed by atoms with van der Waals surface area (Å²) < 4.78 is 5.45. The number of nitrogens with one attached hydrogen (secondary N) is 1. The van der Waals surface area contributed by atoms with Gasteiger partial charge in [0, 0.05) is 18.8 Å². The van der Waals surface area contributed by atoms with Crippen molar-refractivity contribution in [2.45, 2.75) is 12.5 Å². The van der Waals surface area contributed by atoms with E-state index in [1.807, 2.05) is 0 Å². The molecule has 2 heterocycles. The molecule has 1 aromatic rings. The van der Waals surface area contributed by atoms with Crippen molar-refractivity contribution in [1.82, 2.24) is 10.3 Å². The third-order valence-electron chi connectivity index (χ3n) is 2.24. The number of pyridine rings is 1. The van der Waals surface area contributed by atoms with E-state index in [0.29, 0.717) is 6.54 Å². The molecule has 1 atom stereocenters. The Bertz CT molecular complexity index is 363. The van der Waals surface area contributed by atoms with Crippen LogP contribution in [-0.4, -0.2) is 29.1 Å². The highest BCUT2D eigenvalue weighted by atomic mass is 16.6. The quantitative estimate of drug-likeness (QED) is 0.586. The third-order valence-corrected chi connectivity index (χ3v) is 2.24. The number of nitro groups is 1. The molecule has 0 bridgehead atoms. The van der Waals surface area contributed by atoms with Crippen molar-refractivity contribution >= 4 is 5.69 Å². The SMILES string of the molecule is O=[N+]([O-])c1cccnc1O[C@@H]1CCNC1. The maximum atomic E-state index is 10.7. The largest absolute Gasteiger partial charge is 0.468 e. The Morgan fingerprint density at radius 2 is 2.53 bits per heavy atom. The maximum absolute atomic E-state index is 10.7. The summed E-state index contributed by atoms with van der Waals surface area (Å²) in [6, 6.07) is 2.92. The molecule has 6 nitrogen and oxygen atoms in total. The van der Waals surface area contributed by atoms with E-state index < -0.39 is 4.92 Å². The number of hydrogen-bond donors (Lipinski definition) is 1. The van der Waals surface area contributed by atoms with Crippen molar-refractivity contribution in [2.75, 3.05) is 13.1 Å². The summed E-state index contributed by atoms with van der Waals surface area (Å²) in [5.41, 5.74) is -0.0793. The molecule has 2 rings (SSSR count). The average molecular weight is 209 g/mol. The molecule has 1 aliphatic rings. The van der Waals surface area contributed by atoms with Crippen LogP contribution < -0.4 is 10.1 Å². The van der Waals surface area contributed by atoms with Crippen LogP contribution in [-0.2, 0) is 0 Å². The molecule has 6 heteroatoms. The molecular weight excluding hydrogens is 198 g/mol. The molecule has 0 unspecified atom stereocenters. The molecule has 0 radical (unpaired) electrons. The summed E-state index contributed by atoms with van der Waals surface area (Å²) in [4.78, 5) is 14.1. The Kier molecular flexibility index (Phi) is 2.77. The number of nitrogens with zero attached hydrogens (tertiary/aromatic N) is 2. The first-order valence-electron chi connectivity index (χ1n) is 4.74. The molecule has 1 aromatic heterocycles. The fourth-order valence-electron chi connectivity index (χ4n) is 1.50. The second kappa shape index (κ2) is 4.22. The minimum absolute atomic E-state index is 0.0152. The van der Waals surface area contributed by atoms with Crippen LogP contribution in [0, 0.1) is 10.1 Å². The van der Waals surface area contributed by atoms with E-state index >= 15 is 0 Å². The summed E-state index contributed by atoms with van der Waals surface area (Å²) in [5, 5.41) is 13.8. The van der Waals surface area contributed by atoms with E-state index in [4.69, 9.17) is 4.74 Å². The first kappa shape index (κ1) is 9.85. The molecule has 1 saturated heterocycles. The van der Waals surface area contributed by atoms with E-state index in [2.05, 4.69) is 10.3 Å². The molecule has 0 amide bonds. The second-order valence-corrected chi connectivity index (χ2v) is 3.32. The third kappa shape index (κ3) is 2.21. The molecular formula is C9H11N3O3. The highest BCUT2D eigenvalue weighted by molar-refractivity contribution is 5.39. The van der Waals surface area contributed by atoms with Gasteiger partial charge in [0.05, 0.1) is 4.92 Å². The van der Waals surface area contributed by atoms with Gasteiger partial charge in [-0.05, 0) is 19.0 Å². The van der Waals surface area contributed by atoms with Gasteiger partial charge in [0.15, 0.2) is 0 Å². The zero-order chi connectivity index (χ0) is 10.7. The van der Waals surface area contributed by atoms with Gasteiger partial charge >= 0.3 is 5.69 Å². The second-order valence-electron chi connectivity index (χ2n) is 3.32. The zero-order valence-corrected chi connectivity index (χ0v) is 8.05. The van der Waals surface area contributed by atoms with Gasteiger partial charge in [0.1, 0.15) is 6.10 Å². The Labute approximate surface area is 86.4 Å². The van der Waals surface area contributed by atoms with Gasteiger partial charge in [0.2, 0.25) is 0 Å². The first-order chi connectivity index (χ1) is 7.27. The number of aromatic nitrogens is 1. The lowest BCUT2D eigenvalue weighted by molar-refractivity contribution is -0.386. The van der Waals surface area contributed by atoms with E-state index in [1.165, 1.54) is 18.3 Å². The minimum atomic E-state index is -0.481. The lowest BCUT2D eigenvalue weighted by atomic mass is 10.3. The van der Waals surface area contributed by atoms with Gasteiger partial charge < -0.3 is 10.1 Å². The van der Waals surface area contributed by atoms with Crippen molar-refractivity contribution < 1.29 is 9.66 Å². The van der Waals surface area contributed by atoms with Crippen LogP contribution in [0.15, 0.2) is 18.3 Å². The predicted molar refractivity (Wildman–Crippen MR) is 52.8 cm³/mol. The van der Waals surface area contributed by atoms with Gasteiger partial charge in [-0.15, -0.1) is 0 Å². The van der Waals surface area contributed by atoms with E-state index in [0.717, 1.165) is 13.0 Å². The molecule has 1 aliphatic heterocycles. The van der Waals surface area contributed by atoms with Crippen LogP contribution in [0.4, 0.5) is 5.69 Å². The highest BCUT2D eigenvalue weighted by Crippen LogP contribution is 2.24. The van der Waals surface area contributed by atoms with Crippen LogP contribution in [0.25, 0.3) is 0 Å². The molecule has 80 valence electrons. The summed E-state index contributed by atoms with van der Waals surface area (Å²) in [5.74, 6) is 0.108. The minimum Gasteiger partial charge on any atom is -0.468 e. The molecule has 0 aliphatic carbocycles. The summed E-state index contributed by atoms with van der Waals surface area (Å²) in [6.07, 6.45) is 2.33. The predicted octanol–water partition coefficient (Wildman–Crippen LogP) is 0.730. The number of rotatable bonds is 3. The fraction of sp³-hybridized carbons (Fsp3) is 0.444. The number of ether oxygens (including phenoxy) is 1. The van der Waals surface area contributed by atoms with Gasteiger partial charge in [-0.3, -0.25) is 10.1 Å². The normalized spacial score (nSPS) is 20.1. The molecule has 0 spiro atoms. The van der Waals surface area contributed by atoms with Gasteiger partial charge in [-0.25, -0.2) is 4.98 Å². The lowest BCUT2D eigenvalue weighted by Crippen LogP contribution is -2.20. The fourth-order valence-corrected chi connectivity index (χ4v) is 1.50. The first-order valence-corrected chi connectivity index (χ1v) is 4.74. The van der Waals surface area contributed by atoms with Crippen LogP contribution in [0.1, 0.15) is 6.42 Å². The topological polar surface area (TPSA) is 77.3 Å². The van der Waals surface area contributed by atoms with Crippen molar-refractivity contribution in [3.8, 4) is 5.88 Å². The standard InChI is InChI=1S/C9H11N3O3/c13-12(14)8-2-1-4-11-9(8)15-7-3-5-10-6-7/h1-2,4,7,10H,3,5-6H2/t7-/m1/s1. The Morgan fingerprint density at radius 1 is 1.67 bits per heavy atom. The average Bonchev–Trinajstić information content (AvgIpc) is 2.71. The molecule has 1 N–H and O–H groups in total. The van der Waals surface area contributed by atoms with Crippen LogP contribution in [0.2, 0.25) is 0 Å². The van der Waals surface area contributed by atoms with Crippen molar-refractivity contribution in [1.29, 1.82) is 0 Å². The highest BCUT2D eigenvalue weighted by Gasteiger charge is 2.22. The van der Waals surface area contributed by atoms with Gasteiger partial charge in [-0.1, -0.05) is 0 Å². The van der Waals surface area contributed by atoms with Crippen molar-refractivity contribution in [2.24, 2.45) is 0 Å². The Hall–Kier alpha value is -1.69. The summed E-state index contributed by atoms with van der Waals surface area (Å²) in [6.45, 7) is 1.60. The monoisotopic (exact) mass is 209 g/mol. The zero-order valence-electron chi connectivity index (χ0n) is 8.05. The Morgan fingerprint density at radius 3 is 3.20 bits per heavy atom.